The summed E-state index contributed by atoms with van der Waals surface area (Å²) >= 11 is 0. The first-order chi connectivity index (χ1) is 7.24. The van der Waals surface area contributed by atoms with Crippen molar-refractivity contribution in [2.75, 3.05) is 5.73 Å². The molecular formula is C12H21N3. The second kappa shape index (κ2) is 4.25. The molecule has 84 valence electrons. The van der Waals surface area contributed by atoms with Gasteiger partial charge in [0.1, 0.15) is 11.6 Å². The molecule has 0 saturated heterocycles. The van der Waals surface area contributed by atoms with Crippen molar-refractivity contribution in [2.45, 2.75) is 58.4 Å². The molecule has 0 amide bonds. The van der Waals surface area contributed by atoms with Crippen LogP contribution in [-0.2, 0) is 6.54 Å². The van der Waals surface area contributed by atoms with E-state index in [4.69, 9.17) is 5.73 Å². The third-order valence-corrected chi connectivity index (χ3v) is 3.53. The van der Waals surface area contributed by atoms with Crippen LogP contribution in [0.2, 0.25) is 0 Å². The Balaban J connectivity index is 2.27. The smallest absolute Gasteiger partial charge is 0.127 e. The van der Waals surface area contributed by atoms with Crippen LogP contribution in [0, 0.1) is 6.92 Å². The van der Waals surface area contributed by atoms with Gasteiger partial charge >= 0.3 is 0 Å². The zero-order valence-electron chi connectivity index (χ0n) is 9.79. The molecule has 0 aliphatic heterocycles. The van der Waals surface area contributed by atoms with E-state index in [1.54, 1.807) is 0 Å². The lowest BCUT2D eigenvalue weighted by Gasteiger charge is -2.20. The number of anilines is 1. The van der Waals surface area contributed by atoms with E-state index in [9.17, 15) is 0 Å². The largest absolute Gasteiger partial charge is 0.384 e. The normalized spacial score (nSPS) is 18.3. The number of aromatic nitrogens is 2. The molecular weight excluding hydrogens is 186 g/mol. The van der Waals surface area contributed by atoms with Crippen LogP contribution < -0.4 is 5.73 Å². The van der Waals surface area contributed by atoms with Gasteiger partial charge in [0.15, 0.2) is 0 Å². The fourth-order valence-electron chi connectivity index (χ4n) is 2.68. The molecule has 15 heavy (non-hydrogen) atoms. The second-order valence-corrected chi connectivity index (χ2v) is 4.51. The highest BCUT2D eigenvalue weighted by Gasteiger charge is 2.22. The summed E-state index contributed by atoms with van der Waals surface area (Å²) in [5.41, 5.74) is 7.31. The van der Waals surface area contributed by atoms with Crippen LogP contribution >= 0.6 is 0 Å². The monoisotopic (exact) mass is 207 g/mol. The van der Waals surface area contributed by atoms with Crippen molar-refractivity contribution in [1.29, 1.82) is 0 Å². The number of imidazole rings is 1. The first kappa shape index (κ1) is 10.5. The predicted molar refractivity (Wildman–Crippen MR) is 62.9 cm³/mol. The van der Waals surface area contributed by atoms with Gasteiger partial charge in [0.2, 0.25) is 0 Å². The lowest BCUT2D eigenvalue weighted by molar-refractivity contribution is 0.438. The van der Waals surface area contributed by atoms with Crippen LogP contribution in [0.3, 0.4) is 0 Å². The summed E-state index contributed by atoms with van der Waals surface area (Å²) in [5, 5.41) is 0. The Morgan fingerprint density at radius 2 is 2.00 bits per heavy atom. The summed E-state index contributed by atoms with van der Waals surface area (Å²) in [6, 6.07) is 0. The SMILES string of the molecule is CCn1c(C)nc(C2CCCCC2)c1N. The number of nitrogens with two attached hydrogens (primary N) is 1. The number of nitrogen functional groups attached to an aromatic ring is 1. The number of rotatable bonds is 2. The van der Waals surface area contributed by atoms with Crippen LogP contribution in [0.5, 0.6) is 0 Å². The Hall–Kier alpha value is -0.990. The van der Waals surface area contributed by atoms with E-state index >= 15 is 0 Å². The molecule has 2 N–H and O–H groups in total. The summed E-state index contributed by atoms with van der Waals surface area (Å²) in [7, 11) is 0. The van der Waals surface area contributed by atoms with Gasteiger partial charge in [0.05, 0.1) is 5.69 Å². The van der Waals surface area contributed by atoms with Crippen molar-refractivity contribution in [2.24, 2.45) is 0 Å². The topological polar surface area (TPSA) is 43.8 Å². The molecule has 0 radical (unpaired) electrons. The van der Waals surface area contributed by atoms with E-state index in [0.717, 1.165) is 23.9 Å². The summed E-state index contributed by atoms with van der Waals surface area (Å²) in [5.74, 6) is 2.59. The molecule has 1 aromatic rings. The molecule has 0 atom stereocenters. The molecule has 0 bridgehead atoms. The zero-order valence-corrected chi connectivity index (χ0v) is 9.79. The number of nitrogens with zero attached hydrogens (tertiary/aromatic N) is 2. The predicted octanol–water partition coefficient (Wildman–Crippen LogP) is 2.84. The first-order valence-corrected chi connectivity index (χ1v) is 6.06. The highest BCUT2D eigenvalue weighted by Crippen LogP contribution is 2.35. The Labute approximate surface area is 91.7 Å². The number of hydrogen-bond donors (Lipinski definition) is 1. The highest BCUT2D eigenvalue weighted by molar-refractivity contribution is 5.40. The standard InChI is InChI=1S/C12H21N3/c1-3-15-9(2)14-11(12(15)13)10-7-5-4-6-8-10/h10H,3-8,13H2,1-2H3. The number of hydrogen-bond acceptors (Lipinski definition) is 2. The van der Waals surface area contributed by atoms with Crippen LogP contribution in [0.4, 0.5) is 5.82 Å². The van der Waals surface area contributed by atoms with E-state index in [0.29, 0.717) is 5.92 Å². The molecule has 0 spiro atoms. The molecule has 1 aliphatic carbocycles. The molecule has 0 aromatic carbocycles. The maximum Gasteiger partial charge on any atom is 0.127 e. The van der Waals surface area contributed by atoms with Gasteiger partial charge in [-0.2, -0.15) is 0 Å². The summed E-state index contributed by atoms with van der Waals surface area (Å²) < 4.78 is 2.12. The van der Waals surface area contributed by atoms with Gasteiger partial charge < -0.3 is 10.3 Å². The third-order valence-electron chi connectivity index (χ3n) is 3.53. The molecule has 1 saturated carbocycles. The maximum atomic E-state index is 6.15. The summed E-state index contributed by atoms with van der Waals surface area (Å²) in [6.07, 6.45) is 6.59. The van der Waals surface area contributed by atoms with Crippen LogP contribution in [0.15, 0.2) is 0 Å². The van der Waals surface area contributed by atoms with Gasteiger partial charge in [-0.3, -0.25) is 0 Å². The van der Waals surface area contributed by atoms with Gasteiger partial charge in [-0.05, 0) is 26.7 Å². The van der Waals surface area contributed by atoms with Crippen molar-refractivity contribution >= 4 is 5.82 Å². The van der Waals surface area contributed by atoms with Crippen molar-refractivity contribution in [3.05, 3.63) is 11.5 Å². The van der Waals surface area contributed by atoms with Gasteiger partial charge in [0, 0.05) is 12.5 Å². The van der Waals surface area contributed by atoms with E-state index < -0.39 is 0 Å². The fraction of sp³-hybridized carbons (Fsp3) is 0.750. The molecule has 3 nitrogen and oxygen atoms in total. The Morgan fingerprint density at radius 3 is 2.53 bits per heavy atom. The minimum atomic E-state index is 0.616. The van der Waals surface area contributed by atoms with E-state index in [2.05, 4.69) is 16.5 Å². The van der Waals surface area contributed by atoms with E-state index in [1.807, 2.05) is 6.92 Å². The fourth-order valence-corrected chi connectivity index (χ4v) is 2.68. The van der Waals surface area contributed by atoms with Crippen molar-refractivity contribution < 1.29 is 0 Å². The summed E-state index contributed by atoms with van der Waals surface area (Å²) in [4.78, 5) is 4.64. The minimum Gasteiger partial charge on any atom is -0.384 e. The molecule has 1 fully saturated rings. The summed E-state index contributed by atoms with van der Waals surface area (Å²) in [6.45, 7) is 5.10. The van der Waals surface area contributed by atoms with Crippen molar-refractivity contribution in [3.8, 4) is 0 Å². The van der Waals surface area contributed by atoms with E-state index in [-0.39, 0.29) is 0 Å². The highest BCUT2D eigenvalue weighted by atomic mass is 15.1. The minimum absolute atomic E-state index is 0.616. The van der Waals surface area contributed by atoms with Gasteiger partial charge in [0.25, 0.3) is 0 Å². The molecule has 1 aromatic heterocycles. The zero-order chi connectivity index (χ0) is 10.8. The van der Waals surface area contributed by atoms with Crippen LogP contribution in [-0.4, -0.2) is 9.55 Å². The van der Waals surface area contributed by atoms with Crippen LogP contribution in [0.1, 0.15) is 56.5 Å². The molecule has 1 heterocycles. The molecule has 3 heteroatoms. The Bertz CT molecular complexity index is 335. The average molecular weight is 207 g/mol. The quantitative estimate of drug-likeness (QED) is 0.810. The van der Waals surface area contributed by atoms with E-state index in [1.165, 1.54) is 32.1 Å². The Kier molecular flexibility index (Phi) is 2.98. The van der Waals surface area contributed by atoms with Gasteiger partial charge in [-0.25, -0.2) is 4.98 Å². The number of aryl methyl sites for hydroxylation is 1. The van der Waals surface area contributed by atoms with Crippen molar-refractivity contribution in [1.82, 2.24) is 9.55 Å². The lowest BCUT2D eigenvalue weighted by Crippen LogP contribution is -2.09. The maximum absolute atomic E-state index is 6.15. The average Bonchev–Trinajstić information content (AvgIpc) is 2.55. The van der Waals surface area contributed by atoms with Crippen molar-refractivity contribution in [3.63, 3.8) is 0 Å². The third kappa shape index (κ3) is 1.87. The van der Waals surface area contributed by atoms with Gasteiger partial charge in [-0.15, -0.1) is 0 Å². The lowest BCUT2D eigenvalue weighted by atomic mass is 9.87. The van der Waals surface area contributed by atoms with Crippen LogP contribution in [0.25, 0.3) is 0 Å². The molecule has 2 rings (SSSR count). The Morgan fingerprint density at radius 1 is 1.33 bits per heavy atom. The first-order valence-electron chi connectivity index (χ1n) is 6.06. The second-order valence-electron chi connectivity index (χ2n) is 4.51. The molecule has 1 aliphatic rings. The van der Waals surface area contributed by atoms with Gasteiger partial charge in [-0.1, -0.05) is 19.3 Å². The molecule has 0 unspecified atom stereocenters.